The fourth-order valence-corrected chi connectivity index (χ4v) is 3.12. The van der Waals surface area contributed by atoms with Crippen molar-refractivity contribution in [2.45, 2.75) is 38.0 Å². The average molecular weight is 349 g/mol. The van der Waals surface area contributed by atoms with Crippen LogP contribution in [0.25, 0.3) is 5.69 Å². The molecule has 1 aliphatic rings. The number of aromatic nitrogens is 2. The minimum absolute atomic E-state index is 0. The second kappa shape index (κ2) is 8.85. The first-order valence-corrected chi connectivity index (χ1v) is 8.38. The molecule has 0 saturated heterocycles. The van der Waals surface area contributed by atoms with Crippen molar-refractivity contribution in [3.05, 3.63) is 42.1 Å². The normalized spacial score (nSPS) is 14.4. The van der Waals surface area contributed by atoms with Crippen molar-refractivity contribution < 1.29 is 4.79 Å². The monoisotopic (exact) mass is 348 g/mol. The molecule has 1 fully saturated rings. The molecule has 1 saturated carbocycles. The standard InChI is InChI=1S/C18H24N4O.ClH/c1-19-12-11-18(23)20-17-13-16(14-7-5-6-8-14)21-22(17)15-9-3-2-4-10-15;/h2-4,9-10,13-14,19H,5-8,11-12H2,1H3,(H,20,23);1H. The molecule has 0 atom stereocenters. The molecule has 0 spiro atoms. The summed E-state index contributed by atoms with van der Waals surface area (Å²) in [6, 6.07) is 12.0. The minimum atomic E-state index is 0. The van der Waals surface area contributed by atoms with Gasteiger partial charge in [-0.3, -0.25) is 4.79 Å². The van der Waals surface area contributed by atoms with Crippen molar-refractivity contribution in [1.82, 2.24) is 15.1 Å². The highest BCUT2D eigenvalue weighted by atomic mass is 35.5. The number of halogens is 1. The molecule has 0 unspecified atom stereocenters. The summed E-state index contributed by atoms with van der Waals surface area (Å²) in [5, 5.41) is 10.8. The van der Waals surface area contributed by atoms with Crippen LogP contribution in [0.4, 0.5) is 5.82 Å². The van der Waals surface area contributed by atoms with Crippen LogP contribution in [0.2, 0.25) is 0 Å². The number of nitrogens with zero attached hydrogens (tertiary/aromatic N) is 2. The van der Waals surface area contributed by atoms with E-state index in [0.717, 1.165) is 17.2 Å². The largest absolute Gasteiger partial charge is 0.319 e. The predicted molar refractivity (Wildman–Crippen MR) is 99.2 cm³/mol. The van der Waals surface area contributed by atoms with Crippen molar-refractivity contribution in [3.63, 3.8) is 0 Å². The number of carbonyl (C=O) groups excluding carboxylic acids is 1. The highest BCUT2D eigenvalue weighted by molar-refractivity contribution is 5.90. The third-order valence-corrected chi connectivity index (χ3v) is 4.37. The number of anilines is 1. The Kier molecular flexibility index (Phi) is 6.82. The molecule has 1 aromatic carbocycles. The maximum Gasteiger partial charge on any atom is 0.226 e. The van der Waals surface area contributed by atoms with Crippen LogP contribution >= 0.6 is 12.4 Å². The summed E-state index contributed by atoms with van der Waals surface area (Å²) >= 11 is 0. The van der Waals surface area contributed by atoms with Crippen molar-refractivity contribution in [2.75, 3.05) is 18.9 Å². The zero-order valence-corrected chi connectivity index (χ0v) is 14.8. The first-order valence-electron chi connectivity index (χ1n) is 8.38. The highest BCUT2D eigenvalue weighted by Gasteiger charge is 2.22. The van der Waals surface area contributed by atoms with Crippen molar-refractivity contribution in [1.29, 1.82) is 0 Å². The van der Waals surface area contributed by atoms with Gasteiger partial charge >= 0.3 is 0 Å². The summed E-state index contributed by atoms with van der Waals surface area (Å²) in [5.41, 5.74) is 2.07. The van der Waals surface area contributed by atoms with Gasteiger partial charge in [-0.2, -0.15) is 5.10 Å². The van der Waals surface area contributed by atoms with E-state index in [2.05, 4.69) is 10.6 Å². The van der Waals surface area contributed by atoms with Crippen LogP contribution in [0, 0.1) is 0 Å². The Balaban J connectivity index is 0.00000208. The van der Waals surface area contributed by atoms with Gasteiger partial charge in [-0.05, 0) is 32.0 Å². The maximum absolute atomic E-state index is 12.1. The molecule has 1 aliphatic carbocycles. The quantitative estimate of drug-likeness (QED) is 0.840. The number of benzene rings is 1. The SMILES string of the molecule is CNCCC(=O)Nc1cc(C2CCCC2)nn1-c1ccccc1.Cl. The van der Waals surface area contributed by atoms with E-state index in [-0.39, 0.29) is 18.3 Å². The number of amides is 1. The molecule has 130 valence electrons. The molecule has 1 heterocycles. The van der Waals surface area contributed by atoms with Crippen molar-refractivity contribution >= 4 is 24.1 Å². The summed E-state index contributed by atoms with van der Waals surface area (Å²) in [6.45, 7) is 0.667. The second-order valence-corrected chi connectivity index (χ2v) is 6.08. The van der Waals surface area contributed by atoms with Crippen LogP contribution < -0.4 is 10.6 Å². The van der Waals surface area contributed by atoms with Crippen molar-refractivity contribution in [3.8, 4) is 5.69 Å². The van der Waals surface area contributed by atoms with Gasteiger partial charge in [0, 0.05) is 24.9 Å². The van der Waals surface area contributed by atoms with E-state index in [1.54, 1.807) is 0 Å². The summed E-state index contributed by atoms with van der Waals surface area (Å²) in [5.74, 6) is 1.29. The molecule has 3 rings (SSSR count). The molecule has 0 radical (unpaired) electrons. The lowest BCUT2D eigenvalue weighted by Gasteiger charge is -2.08. The number of hydrogen-bond acceptors (Lipinski definition) is 3. The van der Waals surface area contributed by atoms with Crippen LogP contribution in [0.15, 0.2) is 36.4 Å². The van der Waals surface area contributed by atoms with Gasteiger partial charge in [0.2, 0.25) is 5.91 Å². The molecule has 24 heavy (non-hydrogen) atoms. The van der Waals surface area contributed by atoms with E-state index in [9.17, 15) is 4.79 Å². The van der Waals surface area contributed by atoms with E-state index in [4.69, 9.17) is 5.10 Å². The number of nitrogens with one attached hydrogen (secondary N) is 2. The van der Waals surface area contributed by atoms with E-state index in [1.165, 1.54) is 25.7 Å². The van der Waals surface area contributed by atoms with Gasteiger partial charge in [0.25, 0.3) is 0 Å². The summed E-state index contributed by atoms with van der Waals surface area (Å²) < 4.78 is 1.85. The maximum atomic E-state index is 12.1. The molecule has 2 N–H and O–H groups in total. The van der Waals surface area contributed by atoms with Crippen LogP contribution in [-0.4, -0.2) is 29.3 Å². The van der Waals surface area contributed by atoms with Gasteiger partial charge in [0.05, 0.1) is 11.4 Å². The Morgan fingerprint density at radius 1 is 1.25 bits per heavy atom. The molecule has 2 aromatic rings. The van der Waals surface area contributed by atoms with Crippen LogP contribution in [0.5, 0.6) is 0 Å². The highest BCUT2D eigenvalue weighted by Crippen LogP contribution is 2.35. The van der Waals surface area contributed by atoms with E-state index in [0.29, 0.717) is 18.9 Å². The Bertz CT molecular complexity index is 650. The Hall–Kier alpha value is -1.85. The van der Waals surface area contributed by atoms with E-state index >= 15 is 0 Å². The molecule has 5 nitrogen and oxygen atoms in total. The van der Waals surface area contributed by atoms with E-state index < -0.39 is 0 Å². The van der Waals surface area contributed by atoms with Crippen LogP contribution in [-0.2, 0) is 4.79 Å². The molecule has 6 heteroatoms. The minimum Gasteiger partial charge on any atom is -0.319 e. The number of para-hydroxylation sites is 1. The van der Waals surface area contributed by atoms with Crippen molar-refractivity contribution in [2.24, 2.45) is 0 Å². The third-order valence-electron chi connectivity index (χ3n) is 4.37. The number of carbonyl (C=O) groups is 1. The molecule has 0 bridgehead atoms. The lowest BCUT2D eigenvalue weighted by atomic mass is 10.0. The Morgan fingerprint density at radius 2 is 1.96 bits per heavy atom. The van der Waals surface area contributed by atoms with E-state index in [1.807, 2.05) is 48.1 Å². The Labute approximate surface area is 149 Å². The first-order chi connectivity index (χ1) is 11.3. The predicted octanol–water partition coefficient (Wildman–Crippen LogP) is 3.50. The number of hydrogen-bond donors (Lipinski definition) is 2. The topological polar surface area (TPSA) is 59.0 Å². The Morgan fingerprint density at radius 3 is 2.62 bits per heavy atom. The zero-order chi connectivity index (χ0) is 16.1. The van der Waals surface area contributed by atoms with Crippen LogP contribution in [0.3, 0.4) is 0 Å². The fraction of sp³-hybridized carbons (Fsp3) is 0.444. The summed E-state index contributed by atoms with van der Waals surface area (Å²) in [6.07, 6.45) is 5.38. The molecular formula is C18H25ClN4O. The van der Waals surface area contributed by atoms with Gasteiger partial charge in [-0.25, -0.2) is 4.68 Å². The average Bonchev–Trinajstić information content (AvgIpc) is 3.23. The second-order valence-electron chi connectivity index (χ2n) is 6.08. The summed E-state index contributed by atoms with van der Waals surface area (Å²) in [4.78, 5) is 12.1. The smallest absolute Gasteiger partial charge is 0.226 e. The van der Waals surface area contributed by atoms with Gasteiger partial charge in [-0.1, -0.05) is 31.0 Å². The molecule has 1 amide bonds. The van der Waals surface area contributed by atoms with Crippen LogP contribution in [0.1, 0.15) is 43.7 Å². The fourth-order valence-electron chi connectivity index (χ4n) is 3.12. The van der Waals surface area contributed by atoms with Gasteiger partial charge in [0.1, 0.15) is 5.82 Å². The number of rotatable bonds is 6. The lowest BCUT2D eigenvalue weighted by molar-refractivity contribution is -0.116. The molecular weight excluding hydrogens is 324 g/mol. The molecule has 1 aromatic heterocycles. The van der Waals surface area contributed by atoms with Gasteiger partial charge < -0.3 is 10.6 Å². The lowest BCUT2D eigenvalue weighted by Crippen LogP contribution is -2.20. The van der Waals surface area contributed by atoms with Gasteiger partial charge in [-0.15, -0.1) is 12.4 Å². The summed E-state index contributed by atoms with van der Waals surface area (Å²) in [7, 11) is 1.85. The molecule has 0 aliphatic heterocycles. The third kappa shape index (κ3) is 4.36. The zero-order valence-electron chi connectivity index (χ0n) is 14.0. The van der Waals surface area contributed by atoms with Gasteiger partial charge in [0.15, 0.2) is 0 Å². The first kappa shape index (κ1) is 18.5.